The van der Waals surface area contributed by atoms with E-state index in [0.29, 0.717) is 0 Å². The van der Waals surface area contributed by atoms with Gasteiger partial charge >= 0.3 is 11.9 Å². The van der Waals surface area contributed by atoms with Crippen LogP contribution in [0.3, 0.4) is 0 Å². The highest BCUT2D eigenvalue weighted by Gasteiger charge is 2.41. The van der Waals surface area contributed by atoms with E-state index in [4.69, 9.17) is 18.9 Å². The highest BCUT2D eigenvalue weighted by atomic mass is 32.2. The molecule has 0 aliphatic carbocycles. The maximum atomic E-state index is 13.2. The van der Waals surface area contributed by atoms with E-state index in [1.807, 2.05) is 6.92 Å². The molecule has 1 heterocycles. The van der Waals surface area contributed by atoms with Gasteiger partial charge in [-0.05, 0) is 39.0 Å². The summed E-state index contributed by atoms with van der Waals surface area (Å²) in [6.45, 7) is 5.03. The summed E-state index contributed by atoms with van der Waals surface area (Å²) in [5.74, 6) is -1.98. The van der Waals surface area contributed by atoms with Gasteiger partial charge in [0.15, 0.2) is 11.5 Å². The number of rotatable bonds is 8. The minimum absolute atomic E-state index is 0.000832. The molecule has 1 N–H and O–H groups in total. The van der Waals surface area contributed by atoms with Crippen LogP contribution < -0.4 is 14.2 Å². The van der Waals surface area contributed by atoms with Gasteiger partial charge in [0, 0.05) is 5.56 Å². The number of benzene rings is 2. The van der Waals surface area contributed by atoms with Crippen molar-refractivity contribution in [1.82, 2.24) is 4.72 Å². The van der Waals surface area contributed by atoms with Crippen LogP contribution in [-0.4, -0.2) is 40.7 Å². The van der Waals surface area contributed by atoms with Gasteiger partial charge in [0.2, 0.25) is 15.8 Å². The van der Waals surface area contributed by atoms with Crippen LogP contribution in [0.25, 0.3) is 0 Å². The Morgan fingerprint density at radius 2 is 1.64 bits per heavy atom. The molecule has 0 bridgehead atoms. The van der Waals surface area contributed by atoms with Crippen LogP contribution >= 0.6 is 0 Å². The first-order valence-electron chi connectivity index (χ1n) is 10.3. The minimum atomic E-state index is -4.12. The molecule has 0 fully saturated rings. The molecular weight excluding hydrogens is 450 g/mol. The second-order valence-electron chi connectivity index (χ2n) is 7.03. The van der Waals surface area contributed by atoms with Gasteiger partial charge in [0.05, 0.1) is 31.3 Å². The normalized spacial score (nSPS) is 15.3. The average Bonchev–Trinajstić information content (AvgIpc) is 2.78. The summed E-state index contributed by atoms with van der Waals surface area (Å²) >= 11 is 0. The fraction of sp³-hybridized carbons (Fsp3) is 0.304. The van der Waals surface area contributed by atoms with E-state index in [2.05, 4.69) is 4.72 Å². The number of hydrogen-bond acceptors (Lipinski definition) is 8. The number of hydrogen-bond donors (Lipinski definition) is 1. The average molecular weight is 476 g/mol. The van der Waals surface area contributed by atoms with Crippen molar-refractivity contribution in [1.29, 1.82) is 0 Å². The zero-order valence-electron chi connectivity index (χ0n) is 18.7. The Hall–Kier alpha value is -3.37. The van der Waals surface area contributed by atoms with Gasteiger partial charge in [-0.1, -0.05) is 29.8 Å². The van der Waals surface area contributed by atoms with Crippen LogP contribution in [0.1, 0.15) is 31.0 Å². The zero-order chi connectivity index (χ0) is 24.2. The number of ether oxygens (including phenoxy) is 4. The smallest absolute Gasteiger partial charge is 0.374 e. The van der Waals surface area contributed by atoms with Crippen molar-refractivity contribution >= 4 is 22.0 Å². The van der Waals surface area contributed by atoms with E-state index < -0.39 is 33.8 Å². The van der Waals surface area contributed by atoms with E-state index in [9.17, 15) is 18.0 Å². The Labute approximate surface area is 192 Å². The third-order valence-electron chi connectivity index (χ3n) is 4.84. The van der Waals surface area contributed by atoms with E-state index >= 15 is 0 Å². The summed E-state index contributed by atoms with van der Waals surface area (Å²) in [6, 6.07) is 9.68. The molecule has 176 valence electrons. The van der Waals surface area contributed by atoms with Crippen LogP contribution in [0, 0.1) is 6.92 Å². The van der Waals surface area contributed by atoms with Gasteiger partial charge < -0.3 is 18.9 Å². The number of carbonyl (C=O) groups is 2. The van der Waals surface area contributed by atoms with Crippen LogP contribution in [-0.2, 0) is 29.1 Å². The highest BCUT2D eigenvalue weighted by Crippen LogP contribution is 2.44. The lowest BCUT2D eigenvalue weighted by Crippen LogP contribution is -2.37. The number of carbonyl (C=O) groups excluding carboxylic acids is 2. The number of esters is 2. The van der Waals surface area contributed by atoms with Crippen molar-refractivity contribution in [2.24, 2.45) is 0 Å². The molecule has 0 aromatic heterocycles. The van der Waals surface area contributed by atoms with E-state index in [1.165, 1.54) is 19.2 Å². The van der Waals surface area contributed by atoms with Crippen LogP contribution in [0.5, 0.6) is 11.5 Å². The van der Waals surface area contributed by atoms with Crippen LogP contribution in [0.15, 0.2) is 58.7 Å². The number of sulfonamides is 1. The molecule has 33 heavy (non-hydrogen) atoms. The molecular formula is C23H25NO8S. The van der Waals surface area contributed by atoms with Crippen molar-refractivity contribution < 1.29 is 37.0 Å². The lowest BCUT2D eigenvalue weighted by molar-refractivity contribution is -0.144. The molecule has 0 spiro atoms. The Morgan fingerprint density at radius 3 is 2.24 bits per heavy atom. The lowest BCUT2D eigenvalue weighted by atomic mass is 9.94. The summed E-state index contributed by atoms with van der Waals surface area (Å²) in [4.78, 5) is 25.6. The van der Waals surface area contributed by atoms with Gasteiger partial charge in [-0.3, -0.25) is 0 Å². The van der Waals surface area contributed by atoms with Gasteiger partial charge in [0.25, 0.3) is 0 Å². The predicted molar refractivity (Wildman–Crippen MR) is 118 cm³/mol. The summed E-state index contributed by atoms with van der Waals surface area (Å²) in [5.41, 5.74) is 0.847. The molecule has 2 aromatic carbocycles. The standard InChI is InChI=1S/C23H25NO8S/c1-5-30-22(25)18-19(24-33(27,28)15-12-10-14(3)11-13-15)16-8-7-9-17(29-4)20(16)32-21(18)23(26)31-6-2/h7-13,19,24H,5-6H2,1-4H3. The Balaban J connectivity index is 2.22. The Morgan fingerprint density at radius 1 is 1.00 bits per heavy atom. The lowest BCUT2D eigenvalue weighted by Gasteiger charge is -2.30. The van der Waals surface area contributed by atoms with Crippen molar-refractivity contribution in [2.45, 2.75) is 31.7 Å². The fourth-order valence-corrected chi connectivity index (χ4v) is 4.49. The van der Waals surface area contributed by atoms with Gasteiger partial charge in [-0.2, -0.15) is 4.72 Å². The second kappa shape index (κ2) is 10.1. The number of para-hydroxylation sites is 1. The minimum Gasteiger partial charge on any atom is -0.493 e. The molecule has 1 aliphatic heterocycles. The molecule has 9 nitrogen and oxygen atoms in total. The molecule has 1 aliphatic rings. The van der Waals surface area contributed by atoms with E-state index in [1.54, 1.807) is 44.2 Å². The number of fused-ring (bicyclic) bond motifs is 1. The SMILES string of the molecule is CCOC(=O)C1=C(C(=O)OCC)C(NS(=O)(=O)c2ccc(C)cc2)c2cccc(OC)c2O1. The highest BCUT2D eigenvalue weighted by molar-refractivity contribution is 7.89. The maximum absolute atomic E-state index is 13.2. The molecule has 1 atom stereocenters. The predicted octanol–water partition coefficient (Wildman–Crippen LogP) is 2.80. The van der Waals surface area contributed by atoms with E-state index in [0.717, 1.165) is 5.56 Å². The third-order valence-corrected chi connectivity index (χ3v) is 6.28. The molecule has 10 heteroatoms. The first kappa shape index (κ1) is 24.3. The Kier molecular flexibility index (Phi) is 7.39. The second-order valence-corrected chi connectivity index (χ2v) is 8.75. The monoisotopic (exact) mass is 475 g/mol. The number of aryl methyl sites for hydroxylation is 1. The summed E-state index contributed by atoms with van der Waals surface area (Å²) in [5, 5.41) is 0. The quantitative estimate of drug-likeness (QED) is 0.579. The molecule has 0 radical (unpaired) electrons. The summed E-state index contributed by atoms with van der Waals surface area (Å²) in [6.07, 6.45) is 0. The van der Waals surface area contributed by atoms with Crippen molar-refractivity contribution in [3.8, 4) is 11.5 Å². The van der Waals surface area contributed by atoms with Crippen LogP contribution in [0.2, 0.25) is 0 Å². The molecule has 0 saturated heterocycles. The summed E-state index contributed by atoms with van der Waals surface area (Å²) < 4.78 is 50.3. The molecule has 3 rings (SSSR count). The van der Waals surface area contributed by atoms with Crippen LogP contribution in [0.4, 0.5) is 0 Å². The number of methoxy groups -OCH3 is 1. The van der Waals surface area contributed by atoms with E-state index in [-0.39, 0.29) is 40.7 Å². The molecule has 1 unspecified atom stereocenters. The number of nitrogens with one attached hydrogen (secondary N) is 1. The third kappa shape index (κ3) is 5.01. The van der Waals surface area contributed by atoms with Crippen molar-refractivity contribution in [3.05, 3.63) is 64.9 Å². The largest absolute Gasteiger partial charge is 0.493 e. The molecule has 2 aromatic rings. The van der Waals surface area contributed by atoms with Crippen molar-refractivity contribution in [2.75, 3.05) is 20.3 Å². The molecule has 0 amide bonds. The topological polar surface area (TPSA) is 117 Å². The van der Waals surface area contributed by atoms with Gasteiger partial charge in [0.1, 0.15) is 5.57 Å². The zero-order valence-corrected chi connectivity index (χ0v) is 19.5. The van der Waals surface area contributed by atoms with Gasteiger partial charge in [-0.15, -0.1) is 0 Å². The Bertz CT molecular complexity index is 1190. The van der Waals surface area contributed by atoms with Crippen molar-refractivity contribution in [3.63, 3.8) is 0 Å². The van der Waals surface area contributed by atoms with Gasteiger partial charge in [-0.25, -0.2) is 18.0 Å². The maximum Gasteiger partial charge on any atom is 0.374 e. The first-order chi connectivity index (χ1) is 15.7. The fourth-order valence-electron chi connectivity index (χ4n) is 3.30. The summed E-state index contributed by atoms with van der Waals surface area (Å²) in [7, 11) is -2.72. The molecule has 0 saturated carbocycles. The first-order valence-corrected chi connectivity index (χ1v) is 11.7.